The summed E-state index contributed by atoms with van der Waals surface area (Å²) in [5.41, 5.74) is 17.1. The van der Waals surface area contributed by atoms with Crippen LogP contribution in [0, 0.1) is 0 Å². The van der Waals surface area contributed by atoms with Gasteiger partial charge in [-0.3, -0.25) is 14.4 Å². The molecule has 0 aliphatic heterocycles. The molecule has 0 aliphatic rings. The van der Waals surface area contributed by atoms with Crippen molar-refractivity contribution in [3.63, 3.8) is 0 Å². The number of nitrogens with two attached hydrogens (primary N) is 3. The molecule has 1 aromatic rings. The number of benzene rings is 1. The van der Waals surface area contributed by atoms with Gasteiger partial charge in [0.25, 0.3) is 5.91 Å². The van der Waals surface area contributed by atoms with E-state index in [0.717, 1.165) is 0 Å². The summed E-state index contributed by atoms with van der Waals surface area (Å²) in [6, 6.07) is 4.59. The van der Waals surface area contributed by atoms with E-state index in [2.05, 4.69) is 0 Å². The van der Waals surface area contributed by atoms with E-state index in [1.54, 1.807) is 20.2 Å². The Balaban J connectivity index is 3.33. The fraction of sp³-hybridized carbons (Fsp3) is 0.308. The fourth-order valence-electron chi connectivity index (χ4n) is 1.83. The summed E-state index contributed by atoms with van der Waals surface area (Å²) in [5.74, 6) is -1.59. The molecule has 0 unspecified atom stereocenters. The molecule has 1 aromatic carbocycles. The maximum absolute atomic E-state index is 12.2. The maximum Gasteiger partial charge on any atom is 0.255 e. The first-order chi connectivity index (χ1) is 9.72. The summed E-state index contributed by atoms with van der Waals surface area (Å²) >= 11 is 0. The Morgan fingerprint density at radius 2 is 1.57 bits per heavy atom. The van der Waals surface area contributed by atoms with Gasteiger partial charge in [-0.25, -0.2) is 0 Å². The number of nitrogen functional groups attached to an aromatic ring is 1. The van der Waals surface area contributed by atoms with Gasteiger partial charge in [-0.1, -0.05) is 0 Å². The van der Waals surface area contributed by atoms with Gasteiger partial charge in [0.15, 0.2) is 0 Å². The van der Waals surface area contributed by atoms with E-state index < -0.39 is 11.8 Å². The second-order valence-corrected chi connectivity index (χ2v) is 4.76. The standard InChI is InChI=1S/C13H19N5O3/c1-17(2)13(21)9-4-3-8(14)5-10(9)18(6-11(15)19)7-12(16)20/h3-5H,6-7,14H2,1-2H3,(H2,15,19)(H2,16,20). The van der Waals surface area contributed by atoms with Gasteiger partial charge in [-0.15, -0.1) is 0 Å². The van der Waals surface area contributed by atoms with Crippen molar-refractivity contribution in [2.75, 3.05) is 37.8 Å². The van der Waals surface area contributed by atoms with Crippen LogP contribution < -0.4 is 22.1 Å². The molecule has 0 saturated heterocycles. The first-order valence-corrected chi connectivity index (χ1v) is 6.15. The molecule has 114 valence electrons. The average molecular weight is 293 g/mol. The van der Waals surface area contributed by atoms with E-state index >= 15 is 0 Å². The van der Waals surface area contributed by atoms with Crippen LogP contribution in [-0.4, -0.2) is 49.8 Å². The Morgan fingerprint density at radius 3 is 2.00 bits per heavy atom. The van der Waals surface area contributed by atoms with Crippen molar-refractivity contribution >= 4 is 29.1 Å². The zero-order chi connectivity index (χ0) is 16.2. The molecule has 0 aromatic heterocycles. The normalized spacial score (nSPS) is 10.0. The summed E-state index contributed by atoms with van der Waals surface area (Å²) in [5, 5.41) is 0. The number of carbonyl (C=O) groups is 3. The highest BCUT2D eigenvalue weighted by Gasteiger charge is 2.20. The van der Waals surface area contributed by atoms with Crippen LogP contribution in [0.5, 0.6) is 0 Å². The van der Waals surface area contributed by atoms with E-state index in [-0.39, 0.29) is 19.0 Å². The maximum atomic E-state index is 12.2. The van der Waals surface area contributed by atoms with Crippen molar-refractivity contribution in [2.24, 2.45) is 11.5 Å². The highest BCUT2D eigenvalue weighted by molar-refractivity contribution is 6.01. The molecule has 0 bridgehead atoms. The summed E-state index contributed by atoms with van der Waals surface area (Å²) in [7, 11) is 3.18. The van der Waals surface area contributed by atoms with Crippen molar-refractivity contribution in [2.45, 2.75) is 0 Å². The number of primary amides is 2. The minimum absolute atomic E-state index is 0.250. The Bertz CT molecular complexity index is 555. The molecule has 21 heavy (non-hydrogen) atoms. The highest BCUT2D eigenvalue weighted by atomic mass is 16.2. The quantitative estimate of drug-likeness (QED) is 0.563. The molecule has 0 saturated carbocycles. The second-order valence-electron chi connectivity index (χ2n) is 4.76. The fourth-order valence-corrected chi connectivity index (χ4v) is 1.83. The van der Waals surface area contributed by atoms with E-state index in [1.807, 2.05) is 0 Å². The largest absolute Gasteiger partial charge is 0.399 e. The van der Waals surface area contributed by atoms with E-state index in [0.29, 0.717) is 16.9 Å². The van der Waals surface area contributed by atoms with Crippen LogP contribution in [0.15, 0.2) is 18.2 Å². The molecule has 0 spiro atoms. The zero-order valence-corrected chi connectivity index (χ0v) is 12.0. The molecule has 1 rings (SSSR count). The van der Waals surface area contributed by atoms with Crippen molar-refractivity contribution < 1.29 is 14.4 Å². The topological polar surface area (TPSA) is 136 Å². The van der Waals surface area contributed by atoms with Gasteiger partial charge in [0.2, 0.25) is 11.8 Å². The van der Waals surface area contributed by atoms with Gasteiger partial charge in [0, 0.05) is 19.8 Å². The third-order valence-electron chi connectivity index (χ3n) is 2.69. The lowest BCUT2D eigenvalue weighted by Gasteiger charge is -2.25. The van der Waals surface area contributed by atoms with Gasteiger partial charge >= 0.3 is 0 Å². The van der Waals surface area contributed by atoms with Gasteiger partial charge < -0.3 is 27.0 Å². The summed E-state index contributed by atoms with van der Waals surface area (Å²) in [6.45, 7) is -0.500. The van der Waals surface area contributed by atoms with Crippen LogP contribution in [0.3, 0.4) is 0 Å². The molecular weight excluding hydrogens is 274 g/mol. The number of amides is 3. The molecule has 6 N–H and O–H groups in total. The van der Waals surface area contributed by atoms with Gasteiger partial charge in [0.05, 0.1) is 24.3 Å². The predicted molar refractivity (Wildman–Crippen MR) is 79.5 cm³/mol. The Hall–Kier alpha value is -2.77. The number of hydrogen-bond acceptors (Lipinski definition) is 5. The molecule has 0 heterocycles. The van der Waals surface area contributed by atoms with Crippen molar-refractivity contribution in [3.05, 3.63) is 23.8 Å². The van der Waals surface area contributed by atoms with E-state index in [1.165, 1.54) is 21.9 Å². The first kappa shape index (κ1) is 16.3. The Kier molecular flexibility index (Phi) is 5.12. The number of carbonyl (C=O) groups excluding carboxylic acids is 3. The molecule has 0 atom stereocenters. The summed E-state index contributed by atoms with van der Waals surface area (Å²) < 4.78 is 0. The highest BCUT2D eigenvalue weighted by Crippen LogP contribution is 2.24. The Labute approximate surface area is 122 Å². The lowest BCUT2D eigenvalue weighted by molar-refractivity contribution is -0.117. The monoisotopic (exact) mass is 293 g/mol. The van der Waals surface area contributed by atoms with Crippen molar-refractivity contribution in [3.8, 4) is 0 Å². The minimum Gasteiger partial charge on any atom is -0.399 e. The SMILES string of the molecule is CN(C)C(=O)c1ccc(N)cc1N(CC(N)=O)CC(N)=O. The molecule has 8 nitrogen and oxygen atoms in total. The third-order valence-corrected chi connectivity index (χ3v) is 2.69. The molecule has 3 amide bonds. The van der Waals surface area contributed by atoms with E-state index in [9.17, 15) is 14.4 Å². The van der Waals surface area contributed by atoms with Crippen LogP contribution in [0.2, 0.25) is 0 Å². The van der Waals surface area contributed by atoms with Gasteiger partial charge in [-0.05, 0) is 18.2 Å². The van der Waals surface area contributed by atoms with Crippen LogP contribution in [-0.2, 0) is 9.59 Å². The van der Waals surface area contributed by atoms with Crippen LogP contribution in [0.1, 0.15) is 10.4 Å². The lowest BCUT2D eigenvalue weighted by atomic mass is 10.1. The summed E-state index contributed by atoms with van der Waals surface area (Å²) in [6.07, 6.45) is 0. The third kappa shape index (κ3) is 4.37. The number of hydrogen-bond donors (Lipinski definition) is 3. The van der Waals surface area contributed by atoms with Crippen LogP contribution >= 0.6 is 0 Å². The number of anilines is 2. The molecule has 0 fully saturated rings. The number of nitrogens with zero attached hydrogens (tertiary/aromatic N) is 2. The summed E-state index contributed by atoms with van der Waals surface area (Å²) in [4.78, 5) is 37.2. The predicted octanol–water partition coefficient (Wildman–Crippen LogP) is -1.25. The smallest absolute Gasteiger partial charge is 0.255 e. The molecule has 0 aliphatic carbocycles. The second kappa shape index (κ2) is 6.60. The molecule has 0 radical (unpaired) electrons. The Morgan fingerprint density at radius 1 is 1.05 bits per heavy atom. The zero-order valence-electron chi connectivity index (χ0n) is 12.0. The lowest BCUT2D eigenvalue weighted by Crippen LogP contribution is -2.41. The number of rotatable bonds is 6. The van der Waals surface area contributed by atoms with E-state index in [4.69, 9.17) is 17.2 Å². The average Bonchev–Trinajstić information content (AvgIpc) is 2.35. The van der Waals surface area contributed by atoms with Gasteiger partial charge in [-0.2, -0.15) is 0 Å². The van der Waals surface area contributed by atoms with Crippen molar-refractivity contribution in [1.82, 2.24) is 4.90 Å². The van der Waals surface area contributed by atoms with Crippen LogP contribution in [0.4, 0.5) is 11.4 Å². The van der Waals surface area contributed by atoms with Crippen molar-refractivity contribution in [1.29, 1.82) is 0 Å². The van der Waals surface area contributed by atoms with Gasteiger partial charge in [0.1, 0.15) is 0 Å². The van der Waals surface area contributed by atoms with Crippen LogP contribution in [0.25, 0.3) is 0 Å². The minimum atomic E-state index is -0.651. The molecule has 8 heteroatoms. The molecular formula is C13H19N5O3. The first-order valence-electron chi connectivity index (χ1n) is 6.15.